The number of aliphatic carboxylic acids is 1. The summed E-state index contributed by atoms with van der Waals surface area (Å²) in [6, 6.07) is 3.43. The van der Waals surface area contributed by atoms with Crippen molar-refractivity contribution in [1.29, 1.82) is 0 Å². The molecule has 0 aromatic carbocycles. The van der Waals surface area contributed by atoms with Crippen molar-refractivity contribution in [3.8, 4) is 0 Å². The maximum atomic E-state index is 11.0. The molecule has 3 rings (SSSR count). The van der Waals surface area contributed by atoms with E-state index in [2.05, 4.69) is 20.3 Å². The van der Waals surface area contributed by atoms with E-state index >= 15 is 0 Å². The fourth-order valence-corrected chi connectivity index (χ4v) is 2.44. The molecule has 0 bridgehead atoms. The molecule has 0 saturated carbocycles. The zero-order valence-corrected chi connectivity index (χ0v) is 9.76. The van der Waals surface area contributed by atoms with Crippen molar-refractivity contribution in [3.63, 3.8) is 0 Å². The Kier molecular flexibility index (Phi) is 2.71. The Morgan fingerprint density at radius 2 is 2.33 bits per heavy atom. The normalized spacial score (nSPS) is 24.2. The molecule has 1 aliphatic heterocycles. The molecule has 2 aromatic heterocycles. The summed E-state index contributed by atoms with van der Waals surface area (Å²) in [4.78, 5) is 22.6. The van der Waals surface area contributed by atoms with Gasteiger partial charge in [-0.05, 0) is 31.5 Å². The molecular formula is C12H14N4O2. The van der Waals surface area contributed by atoms with Gasteiger partial charge in [0.25, 0.3) is 0 Å². The number of nitrogens with one attached hydrogen (secondary N) is 2. The van der Waals surface area contributed by atoms with Crippen LogP contribution in [0, 0.1) is 0 Å². The molecule has 2 atom stereocenters. The summed E-state index contributed by atoms with van der Waals surface area (Å²) in [7, 11) is 0. The van der Waals surface area contributed by atoms with E-state index < -0.39 is 12.0 Å². The third kappa shape index (κ3) is 1.95. The van der Waals surface area contributed by atoms with Gasteiger partial charge in [-0.2, -0.15) is 0 Å². The number of carboxylic acid groups (broad SMARTS) is 1. The van der Waals surface area contributed by atoms with Crippen LogP contribution in [-0.2, 0) is 4.79 Å². The average molecular weight is 246 g/mol. The quantitative estimate of drug-likeness (QED) is 0.731. The number of piperidine rings is 1. The summed E-state index contributed by atoms with van der Waals surface area (Å²) >= 11 is 0. The largest absolute Gasteiger partial charge is 0.480 e. The second kappa shape index (κ2) is 4.38. The van der Waals surface area contributed by atoms with Crippen LogP contribution in [0.4, 0.5) is 0 Å². The molecule has 2 unspecified atom stereocenters. The molecule has 1 saturated heterocycles. The van der Waals surface area contributed by atoms with Gasteiger partial charge in [0, 0.05) is 11.6 Å². The molecule has 6 nitrogen and oxygen atoms in total. The fourth-order valence-electron chi connectivity index (χ4n) is 2.44. The Bertz CT molecular complexity index is 580. The monoisotopic (exact) mass is 246 g/mol. The van der Waals surface area contributed by atoms with Gasteiger partial charge in [-0.1, -0.05) is 0 Å². The van der Waals surface area contributed by atoms with Crippen LogP contribution < -0.4 is 5.32 Å². The van der Waals surface area contributed by atoms with E-state index in [0.29, 0.717) is 18.6 Å². The van der Waals surface area contributed by atoms with Gasteiger partial charge >= 0.3 is 5.97 Å². The summed E-state index contributed by atoms with van der Waals surface area (Å²) in [5.41, 5.74) is 2.53. The van der Waals surface area contributed by atoms with E-state index in [4.69, 9.17) is 5.11 Å². The van der Waals surface area contributed by atoms with Gasteiger partial charge in [0.2, 0.25) is 0 Å². The van der Waals surface area contributed by atoms with Crippen molar-refractivity contribution in [3.05, 3.63) is 24.2 Å². The minimum atomic E-state index is -0.791. The second-order valence-corrected chi connectivity index (χ2v) is 4.58. The second-order valence-electron chi connectivity index (χ2n) is 4.58. The molecule has 0 amide bonds. The van der Waals surface area contributed by atoms with Crippen LogP contribution >= 0.6 is 0 Å². The van der Waals surface area contributed by atoms with E-state index in [1.165, 1.54) is 0 Å². The van der Waals surface area contributed by atoms with Crippen LogP contribution in [0.5, 0.6) is 0 Å². The lowest BCUT2D eigenvalue weighted by atomic mass is 9.89. The van der Waals surface area contributed by atoms with Gasteiger partial charge in [0.1, 0.15) is 6.04 Å². The maximum absolute atomic E-state index is 11.0. The number of aromatic nitrogens is 3. The highest BCUT2D eigenvalue weighted by atomic mass is 16.4. The van der Waals surface area contributed by atoms with Gasteiger partial charge in [-0.25, -0.2) is 9.97 Å². The molecule has 0 aliphatic carbocycles. The summed E-state index contributed by atoms with van der Waals surface area (Å²) < 4.78 is 0. The van der Waals surface area contributed by atoms with E-state index in [0.717, 1.165) is 17.6 Å². The van der Waals surface area contributed by atoms with Crippen molar-refractivity contribution in [2.24, 2.45) is 0 Å². The summed E-state index contributed by atoms with van der Waals surface area (Å²) in [5, 5.41) is 12.0. The van der Waals surface area contributed by atoms with Crippen molar-refractivity contribution >= 4 is 17.1 Å². The first kappa shape index (κ1) is 11.2. The Morgan fingerprint density at radius 1 is 1.44 bits per heavy atom. The van der Waals surface area contributed by atoms with Crippen molar-refractivity contribution in [1.82, 2.24) is 20.3 Å². The summed E-state index contributed by atoms with van der Waals surface area (Å²) in [6.45, 7) is 0.710. The minimum absolute atomic E-state index is 0.188. The molecule has 1 aliphatic rings. The first-order valence-electron chi connectivity index (χ1n) is 6.00. The summed E-state index contributed by atoms with van der Waals surface area (Å²) in [5.74, 6) is -0.603. The standard InChI is InChI=1S/C12H14N4O2/c17-12(18)10-5-7(3-4-13-10)8-1-2-9-11(16-8)15-6-14-9/h1-2,6-7,10,13H,3-5H2,(H,17,18)(H,14,15,16). The lowest BCUT2D eigenvalue weighted by Crippen LogP contribution is -2.42. The van der Waals surface area contributed by atoms with Crippen LogP contribution in [0.1, 0.15) is 24.5 Å². The van der Waals surface area contributed by atoms with Gasteiger partial charge in [-0.3, -0.25) is 4.79 Å². The van der Waals surface area contributed by atoms with Crippen LogP contribution in [0.2, 0.25) is 0 Å². The molecule has 3 N–H and O–H groups in total. The van der Waals surface area contributed by atoms with Crippen molar-refractivity contribution < 1.29 is 9.90 Å². The van der Waals surface area contributed by atoms with E-state index in [1.807, 2.05) is 12.1 Å². The zero-order valence-electron chi connectivity index (χ0n) is 9.76. The van der Waals surface area contributed by atoms with E-state index in [1.54, 1.807) is 6.33 Å². The van der Waals surface area contributed by atoms with Crippen LogP contribution in [-0.4, -0.2) is 38.6 Å². The van der Waals surface area contributed by atoms with Crippen molar-refractivity contribution in [2.45, 2.75) is 24.8 Å². The number of pyridine rings is 1. The molecular weight excluding hydrogens is 232 g/mol. The Hall–Kier alpha value is -1.95. The number of hydrogen-bond acceptors (Lipinski definition) is 4. The molecule has 18 heavy (non-hydrogen) atoms. The number of H-pyrrole nitrogens is 1. The summed E-state index contributed by atoms with van der Waals surface area (Å²) in [6.07, 6.45) is 3.11. The fraction of sp³-hybridized carbons (Fsp3) is 0.417. The van der Waals surface area contributed by atoms with Gasteiger partial charge in [-0.15, -0.1) is 0 Å². The molecule has 0 spiro atoms. The first-order valence-corrected chi connectivity index (χ1v) is 6.00. The Morgan fingerprint density at radius 3 is 3.17 bits per heavy atom. The average Bonchev–Trinajstić information content (AvgIpc) is 2.86. The molecule has 3 heterocycles. The third-order valence-electron chi connectivity index (χ3n) is 3.42. The number of carbonyl (C=O) groups is 1. The Balaban J connectivity index is 1.86. The smallest absolute Gasteiger partial charge is 0.320 e. The number of hydrogen-bond donors (Lipinski definition) is 3. The van der Waals surface area contributed by atoms with Crippen molar-refractivity contribution in [2.75, 3.05) is 6.54 Å². The van der Waals surface area contributed by atoms with Gasteiger partial charge in [0.05, 0.1) is 11.8 Å². The molecule has 94 valence electrons. The van der Waals surface area contributed by atoms with E-state index in [9.17, 15) is 4.79 Å². The predicted molar refractivity (Wildman–Crippen MR) is 65.3 cm³/mol. The van der Waals surface area contributed by atoms with Crippen LogP contribution in [0.25, 0.3) is 11.2 Å². The topological polar surface area (TPSA) is 90.9 Å². The zero-order chi connectivity index (χ0) is 12.5. The maximum Gasteiger partial charge on any atom is 0.320 e. The lowest BCUT2D eigenvalue weighted by Gasteiger charge is -2.27. The van der Waals surface area contributed by atoms with E-state index in [-0.39, 0.29) is 5.92 Å². The number of aromatic amines is 1. The highest BCUT2D eigenvalue weighted by molar-refractivity contribution is 5.74. The highest BCUT2D eigenvalue weighted by Gasteiger charge is 2.28. The van der Waals surface area contributed by atoms with Crippen LogP contribution in [0.3, 0.4) is 0 Å². The molecule has 1 fully saturated rings. The minimum Gasteiger partial charge on any atom is -0.480 e. The number of carboxylic acids is 1. The highest BCUT2D eigenvalue weighted by Crippen LogP contribution is 2.27. The number of fused-ring (bicyclic) bond motifs is 1. The molecule has 2 aromatic rings. The lowest BCUT2D eigenvalue weighted by molar-refractivity contribution is -0.140. The number of rotatable bonds is 2. The Labute approximate surface area is 103 Å². The van der Waals surface area contributed by atoms with Gasteiger partial charge < -0.3 is 15.4 Å². The predicted octanol–water partition coefficient (Wildman–Crippen LogP) is 0.878. The first-order chi connectivity index (χ1) is 8.74. The van der Waals surface area contributed by atoms with Crippen LogP contribution in [0.15, 0.2) is 18.5 Å². The number of imidazole rings is 1. The van der Waals surface area contributed by atoms with Gasteiger partial charge in [0.15, 0.2) is 5.65 Å². The third-order valence-corrected chi connectivity index (χ3v) is 3.42. The SMILES string of the molecule is O=C(O)C1CC(c2ccc3[nH]cnc3n2)CCN1. The molecule has 0 radical (unpaired) electrons. The number of nitrogens with zero attached hydrogens (tertiary/aromatic N) is 2. The molecule has 6 heteroatoms.